The maximum absolute atomic E-state index is 12.7. The van der Waals surface area contributed by atoms with Crippen molar-refractivity contribution in [2.45, 2.75) is 39.5 Å². The predicted octanol–water partition coefficient (Wildman–Crippen LogP) is 1.44. The molecule has 0 fully saturated rings. The van der Waals surface area contributed by atoms with Crippen molar-refractivity contribution in [3.8, 4) is 5.75 Å². The molecular formula is C18H23N4O6P. The second-order valence-corrected chi connectivity index (χ2v) is 8.34. The second-order valence-electron chi connectivity index (χ2n) is 6.56. The fourth-order valence-corrected chi connectivity index (χ4v) is 3.65. The van der Waals surface area contributed by atoms with Crippen LogP contribution in [0.4, 0.5) is 0 Å². The van der Waals surface area contributed by atoms with E-state index in [0.717, 1.165) is 4.57 Å². The zero-order valence-electron chi connectivity index (χ0n) is 15.9. The molecule has 0 aliphatic rings. The maximum atomic E-state index is 12.7. The van der Waals surface area contributed by atoms with Gasteiger partial charge in [-0.2, -0.15) is 0 Å². The molecule has 3 N–H and O–H groups in total. The number of aromatic nitrogens is 4. The molecule has 156 valence electrons. The highest BCUT2D eigenvalue weighted by molar-refractivity contribution is 7.51. The third kappa shape index (κ3) is 5.03. The lowest BCUT2D eigenvalue weighted by Gasteiger charge is -2.10. The van der Waals surface area contributed by atoms with Crippen molar-refractivity contribution in [1.82, 2.24) is 19.1 Å². The fraction of sp³-hybridized carbons (Fsp3) is 0.389. The summed E-state index contributed by atoms with van der Waals surface area (Å²) in [5, 5.41) is 0. The van der Waals surface area contributed by atoms with Gasteiger partial charge >= 0.3 is 13.3 Å². The largest absolute Gasteiger partial charge is 0.486 e. The molecule has 0 amide bonds. The number of imidazole rings is 1. The van der Waals surface area contributed by atoms with E-state index >= 15 is 0 Å². The summed E-state index contributed by atoms with van der Waals surface area (Å²) >= 11 is 0. The average molecular weight is 422 g/mol. The minimum absolute atomic E-state index is 0.0939. The lowest BCUT2D eigenvalue weighted by molar-refractivity contribution is 0.297. The van der Waals surface area contributed by atoms with Gasteiger partial charge in [-0.05, 0) is 31.9 Å². The van der Waals surface area contributed by atoms with Crippen LogP contribution in [0, 0.1) is 0 Å². The Bertz CT molecular complexity index is 1140. The molecule has 0 aliphatic carbocycles. The van der Waals surface area contributed by atoms with E-state index in [4.69, 9.17) is 14.5 Å². The summed E-state index contributed by atoms with van der Waals surface area (Å²) in [5.74, 6) is 1.05. The molecule has 0 radical (unpaired) electrons. The van der Waals surface area contributed by atoms with Crippen molar-refractivity contribution in [2.24, 2.45) is 0 Å². The maximum Gasteiger partial charge on any atom is 0.332 e. The molecule has 3 aromatic rings. The number of para-hydroxylation sites is 1. The molecule has 0 saturated heterocycles. The second kappa shape index (κ2) is 8.77. The van der Waals surface area contributed by atoms with Crippen LogP contribution in [0.3, 0.4) is 0 Å². The molecule has 2 aromatic heterocycles. The molecule has 3 rings (SSSR count). The summed E-state index contributed by atoms with van der Waals surface area (Å²) < 4.78 is 19.1. The molecule has 0 saturated carbocycles. The first-order chi connectivity index (χ1) is 13.8. The van der Waals surface area contributed by atoms with Crippen LogP contribution < -0.4 is 16.0 Å². The highest BCUT2D eigenvalue weighted by Crippen LogP contribution is 2.35. The lowest BCUT2D eigenvalue weighted by atomic mass is 10.3. The van der Waals surface area contributed by atoms with Gasteiger partial charge in [0.25, 0.3) is 5.56 Å². The van der Waals surface area contributed by atoms with Crippen LogP contribution >= 0.6 is 7.60 Å². The van der Waals surface area contributed by atoms with Gasteiger partial charge in [-0.25, -0.2) is 9.78 Å². The Balaban J connectivity index is 1.89. The monoisotopic (exact) mass is 422 g/mol. The summed E-state index contributed by atoms with van der Waals surface area (Å²) in [5.41, 5.74) is -0.540. The normalized spacial score (nSPS) is 11.8. The van der Waals surface area contributed by atoms with Crippen LogP contribution in [0.25, 0.3) is 11.2 Å². The number of benzene rings is 1. The zero-order chi connectivity index (χ0) is 21.0. The predicted molar refractivity (Wildman–Crippen MR) is 107 cm³/mol. The van der Waals surface area contributed by atoms with Gasteiger partial charge in [-0.1, -0.05) is 18.2 Å². The zero-order valence-corrected chi connectivity index (χ0v) is 16.8. The quantitative estimate of drug-likeness (QED) is 0.350. The van der Waals surface area contributed by atoms with Crippen molar-refractivity contribution in [2.75, 3.05) is 6.16 Å². The van der Waals surface area contributed by atoms with Gasteiger partial charge in [0.2, 0.25) is 0 Å². The Labute approximate surface area is 166 Å². The van der Waals surface area contributed by atoms with E-state index in [1.807, 2.05) is 18.2 Å². The van der Waals surface area contributed by atoms with Crippen molar-refractivity contribution in [3.05, 3.63) is 57.0 Å². The summed E-state index contributed by atoms with van der Waals surface area (Å²) in [6, 6.07) is 9.13. The molecule has 1 aromatic carbocycles. The summed E-state index contributed by atoms with van der Waals surface area (Å²) in [7, 11) is -4.09. The number of hydrogen-bond donors (Lipinski definition) is 3. The molecule has 29 heavy (non-hydrogen) atoms. The van der Waals surface area contributed by atoms with Crippen molar-refractivity contribution in [3.63, 3.8) is 0 Å². The van der Waals surface area contributed by atoms with E-state index in [-0.39, 0.29) is 43.4 Å². The molecule has 0 unspecified atom stereocenters. The van der Waals surface area contributed by atoms with E-state index in [1.54, 1.807) is 19.1 Å². The Hall–Kier alpha value is -2.68. The van der Waals surface area contributed by atoms with E-state index in [1.165, 1.54) is 4.57 Å². The van der Waals surface area contributed by atoms with Gasteiger partial charge in [-0.15, -0.1) is 0 Å². The molecule has 0 bridgehead atoms. The van der Waals surface area contributed by atoms with E-state index in [2.05, 4.69) is 9.97 Å². The summed E-state index contributed by atoms with van der Waals surface area (Å²) in [6.07, 6.45) is 0.359. The van der Waals surface area contributed by atoms with Crippen molar-refractivity contribution in [1.29, 1.82) is 0 Å². The standard InChI is InChI=1S/C18H23N4O6P/c1-2-21-17(23)15-16(22(18(21)24)10-6-7-11-29(25,26)27)20-14(19-15)12-28-13-8-4-3-5-9-13/h3-5,8-9H,2,6-7,10-12H2,1H3,(H,19,20)(H2,25,26,27). The molecule has 2 heterocycles. The number of unbranched alkanes of at least 4 members (excludes halogenated alkanes) is 1. The number of rotatable bonds is 9. The van der Waals surface area contributed by atoms with E-state index in [9.17, 15) is 14.2 Å². The first-order valence-corrected chi connectivity index (χ1v) is 11.0. The number of nitrogens with zero attached hydrogens (tertiary/aromatic N) is 3. The third-order valence-corrected chi connectivity index (χ3v) is 5.33. The molecule has 10 nitrogen and oxygen atoms in total. The van der Waals surface area contributed by atoms with Gasteiger partial charge in [0.05, 0.1) is 0 Å². The van der Waals surface area contributed by atoms with E-state index < -0.39 is 18.8 Å². The number of ether oxygens (including phenoxy) is 1. The number of aryl methyl sites for hydroxylation is 1. The Morgan fingerprint density at radius 1 is 1.14 bits per heavy atom. The topological polar surface area (TPSA) is 139 Å². The number of H-pyrrole nitrogens is 1. The van der Waals surface area contributed by atoms with Gasteiger partial charge in [0, 0.05) is 19.3 Å². The third-order valence-electron chi connectivity index (χ3n) is 4.43. The molecule has 0 spiro atoms. The Morgan fingerprint density at radius 3 is 2.52 bits per heavy atom. The summed E-state index contributed by atoms with van der Waals surface area (Å²) in [6.45, 7) is 2.18. The Morgan fingerprint density at radius 2 is 1.86 bits per heavy atom. The van der Waals surface area contributed by atoms with Gasteiger partial charge in [0.1, 0.15) is 23.7 Å². The van der Waals surface area contributed by atoms with Gasteiger partial charge in [0.15, 0.2) is 5.65 Å². The minimum atomic E-state index is -4.09. The number of fused-ring (bicyclic) bond motifs is 1. The lowest BCUT2D eigenvalue weighted by Crippen LogP contribution is -2.39. The van der Waals surface area contributed by atoms with Crippen LogP contribution in [0.2, 0.25) is 0 Å². The van der Waals surface area contributed by atoms with Gasteiger partial charge in [-0.3, -0.25) is 18.5 Å². The minimum Gasteiger partial charge on any atom is -0.486 e. The van der Waals surface area contributed by atoms with E-state index in [0.29, 0.717) is 18.0 Å². The number of hydrogen-bond acceptors (Lipinski definition) is 5. The Kier molecular flexibility index (Phi) is 6.36. The molecule has 0 atom stereocenters. The molecule has 0 aliphatic heterocycles. The first kappa shape index (κ1) is 21.0. The van der Waals surface area contributed by atoms with Crippen LogP contribution in [0.15, 0.2) is 39.9 Å². The van der Waals surface area contributed by atoms with Crippen LogP contribution in [-0.4, -0.2) is 35.1 Å². The van der Waals surface area contributed by atoms with Crippen molar-refractivity contribution < 1.29 is 19.1 Å². The number of aromatic amines is 1. The fourth-order valence-electron chi connectivity index (χ4n) is 3.02. The SMILES string of the molecule is CCn1c(=O)c2[nH]c(COc3ccccc3)nc2n(CCCCP(=O)(O)O)c1=O. The van der Waals surface area contributed by atoms with Crippen molar-refractivity contribution >= 4 is 18.8 Å². The van der Waals surface area contributed by atoms with Crippen LogP contribution in [0.5, 0.6) is 5.75 Å². The van der Waals surface area contributed by atoms with Gasteiger partial charge < -0.3 is 19.5 Å². The first-order valence-electron chi connectivity index (χ1n) is 9.25. The highest BCUT2D eigenvalue weighted by Gasteiger charge is 2.17. The average Bonchev–Trinajstić information content (AvgIpc) is 3.10. The molecule has 11 heteroatoms. The number of nitrogens with one attached hydrogen (secondary N) is 1. The van der Waals surface area contributed by atoms with Crippen LogP contribution in [-0.2, 0) is 24.3 Å². The molecular weight excluding hydrogens is 399 g/mol. The summed E-state index contributed by atoms with van der Waals surface area (Å²) in [4.78, 5) is 50.6. The smallest absolute Gasteiger partial charge is 0.332 e. The highest BCUT2D eigenvalue weighted by atomic mass is 31.2. The van der Waals surface area contributed by atoms with Crippen LogP contribution in [0.1, 0.15) is 25.6 Å².